The van der Waals surface area contributed by atoms with E-state index in [1.165, 1.54) is 51.6 Å². The molecule has 2 nitrogen and oxygen atoms in total. The zero-order valence-electron chi connectivity index (χ0n) is 9.84. The highest BCUT2D eigenvalue weighted by Gasteiger charge is 2.24. The lowest BCUT2D eigenvalue weighted by atomic mass is 10.0. The zero-order chi connectivity index (χ0) is 10.4. The van der Waals surface area contributed by atoms with Crippen molar-refractivity contribution in [2.75, 3.05) is 20.1 Å². The van der Waals surface area contributed by atoms with E-state index in [-0.39, 0.29) is 0 Å². The molecule has 2 unspecified atom stereocenters. The van der Waals surface area contributed by atoms with Crippen molar-refractivity contribution in [3.8, 4) is 0 Å². The minimum absolute atomic E-state index is 0.476. The smallest absolute Gasteiger partial charge is 0.00793 e. The largest absolute Gasteiger partial charge is 0.327 e. The molecule has 0 heterocycles. The summed E-state index contributed by atoms with van der Waals surface area (Å²) in [7, 11) is 2.24. The normalized spacial score (nSPS) is 27.4. The highest BCUT2D eigenvalue weighted by atomic mass is 15.1. The van der Waals surface area contributed by atoms with E-state index in [9.17, 15) is 0 Å². The molecule has 2 N–H and O–H groups in total. The Morgan fingerprint density at radius 1 is 1.29 bits per heavy atom. The third-order valence-electron chi connectivity index (χ3n) is 3.41. The van der Waals surface area contributed by atoms with Crippen LogP contribution < -0.4 is 5.73 Å². The molecule has 0 aromatic heterocycles. The highest BCUT2D eigenvalue weighted by molar-refractivity contribution is 4.81. The molecule has 0 aromatic carbocycles. The average molecular weight is 198 g/mol. The Morgan fingerprint density at radius 2 is 2.07 bits per heavy atom. The molecule has 1 fully saturated rings. The van der Waals surface area contributed by atoms with Crippen LogP contribution in [0, 0.1) is 5.92 Å². The van der Waals surface area contributed by atoms with Crippen LogP contribution in [0.2, 0.25) is 0 Å². The number of nitrogens with zero attached hydrogens (tertiary/aromatic N) is 1. The van der Waals surface area contributed by atoms with E-state index in [1.54, 1.807) is 0 Å². The molecule has 0 aliphatic heterocycles. The second kappa shape index (κ2) is 6.41. The van der Waals surface area contributed by atoms with Crippen LogP contribution in [0.4, 0.5) is 0 Å². The molecular weight excluding hydrogens is 172 g/mol. The number of unbranched alkanes of at least 4 members (excludes halogenated alkanes) is 2. The van der Waals surface area contributed by atoms with Gasteiger partial charge in [-0.15, -0.1) is 0 Å². The molecule has 0 saturated heterocycles. The first-order valence-electron chi connectivity index (χ1n) is 6.18. The molecule has 84 valence electrons. The molecule has 14 heavy (non-hydrogen) atoms. The van der Waals surface area contributed by atoms with Gasteiger partial charge in [-0.2, -0.15) is 0 Å². The van der Waals surface area contributed by atoms with Crippen molar-refractivity contribution in [3.63, 3.8) is 0 Å². The second-order valence-electron chi connectivity index (χ2n) is 4.82. The highest BCUT2D eigenvalue weighted by Crippen LogP contribution is 2.24. The Labute approximate surface area is 88.8 Å². The Morgan fingerprint density at radius 3 is 2.64 bits per heavy atom. The summed E-state index contributed by atoms with van der Waals surface area (Å²) in [6.45, 7) is 4.72. The van der Waals surface area contributed by atoms with Crippen molar-refractivity contribution >= 4 is 0 Å². The van der Waals surface area contributed by atoms with Gasteiger partial charge in [0.2, 0.25) is 0 Å². The van der Waals surface area contributed by atoms with Gasteiger partial charge in [-0.05, 0) is 38.8 Å². The molecule has 0 bridgehead atoms. The molecule has 0 spiro atoms. The van der Waals surface area contributed by atoms with Gasteiger partial charge < -0.3 is 10.6 Å². The van der Waals surface area contributed by atoms with Gasteiger partial charge in [0, 0.05) is 12.6 Å². The standard InChI is InChI=1S/C12H26N2/c1-3-4-5-9-14(2)10-11-7-6-8-12(11)13/h11-12H,3-10,13H2,1-2H3. The zero-order valence-corrected chi connectivity index (χ0v) is 9.84. The van der Waals surface area contributed by atoms with Crippen molar-refractivity contribution in [2.24, 2.45) is 11.7 Å². The Kier molecular flexibility index (Phi) is 5.49. The molecule has 2 atom stereocenters. The summed E-state index contributed by atoms with van der Waals surface area (Å²) in [6.07, 6.45) is 7.95. The van der Waals surface area contributed by atoms with Gasteiger partial charge in [0.1, 0.15) is 0 Å². The van der Waals surface area contributed by atoms with E-state index in [1.807, 2.05) is 0 Å². The van der Waals surface area contributed by atoms with Crippen LogP contribution in [0.25, 0.3) is 0 Å². The minimum atomic E-state index is 0.476. The first-order valence-corrected chi connectivity index (χ1v) is 6.18. The van der Waals surface area contributed by atoms with Gasteiger partial charge in [0.25, 0.3) is 0 Å². The first-order chi connectivity index (χ1) is 6.74. The summed E-state index contributed by atoms with van der Waals surface area (Å²) in [5, 5.41) is 0. The molecular formula is C12H26N2. The Hall–Kier alpha value is -0.0800. The van der Waals surface area contributed by atoms with Crippen molar-refractivity contribution in [1.82, 2.24) is 4.90 Å². The van der Waals surface area contributed by atoms with Gasteiger partial charge in [-0.1, -0.05) is 26.2 Å². The third kappa shape index (κ3) is 3.97. The molecule has 1 rings (SSSR count). The van der Waals surface area contributed by atoms with Gasteiger partial charge in [0.05, 0.1) is 0 Å². The monoisotopic (exact) mass is 198 g/mol. The molecule has 0 radical (unpaired) electrons. The van der Waals surface area contributed by atoms with E-state index >= 15 is 0 Å². The fourth-order valence-electron chi connectivity index (χ4n) is 2.42. The van der Waals surface area contributed by atoms with E-state index in [0.29, 0.717) is 6.04 Å². The predicted octanol–water partition coefficient (Wildman–Crippen LogP) is 2.24. The lowest BCUT2D eigenvalue weighted by molar-refractivity contribution is 0.261. The predicted molar refractivity (Wildman–Crippen MR) is 62.3 cm³/mol. The van der Waals surface area contributed by atoms with Gasteiger partial charge in [-0.25, -0.2) is 0 Å². The Bertz CT molecular complexity index is 147. The molecule has 1 aliphatic carbocycles. The van der Waals surface area contributed by atoms with Crippen molar-refractivity contribution in [1.29, 1.82) is 0 Å². The number of rotatable bonds is 6. The molecule has 0 amide bonds. The number of nitrogens with two attached hydrogens (primary N) is 1. The molecule has 1 aliphatic rings. The fourth-order valence-corrected chi connectivity index (χ4v) is 2.42. The van der Waals surface area contributed by atoms with Crippen molar-refractivity contribution < 1.29 is 0 Å². The maximum absolute atomic E-state index is 6.06. The molecule has 2 heteroatoms. The minimum Gasteiger partial charge on any atom is -0.327 e. The third-order valence-corrected chi connectivity index (χ3v) is 3.41. The average Bonchev–Trinajstić information content (AvgIpc) is 2.52. The summed E-state index contributed by atoms with van der Waals surface area (Å²) in [6, 6.07) is 0.476. The van der Waals surface area contributed by atoms with Crippen LogP contribution in [0.1, 0.15) is 45.4 Å². The van der Waals surface area contributed by atoms with E-state index in [2.05, 4.69) is 18.9 Å². The van der Waals surface area contributed by atoms with Crippen LogP contribution in [-0.2, 0) is 0 Å². The van der Waals surface area contributed by atoms with Gasteiger partial charge in [-0.3, -0.25) is 0 Å². The number of hydrogen-bond acceptors (Lipinski definition) is 2. The van der Waals surface area contributed by atoms with E-state index in [0.717, 1.165) is 5.92 Å². The maximum atomic E-state index is 6.06. The number of hydrogen-bond donors (Lipinski definition) is 1. The van der Waals surface area contributed by atoms with Crippen LogP contribution in [0.15, 0.2) is 0 Å². The van der Waals surface area contributed by atoms with Gasteiger partial charge in [0.15, 0.2) is 0 Å². The SMILES string of the molecule is CCCCCN(C)CC1CCCC1N. The summed E-state index contributed by atoms with van der Waals surface area (Å²) >= 11 is 0. The van der Waals surface area contributed by atoms with Crippen molar-refractivity contribution in [2.45, 2.75) is 51.5 Å². The first kappa shape index (κ1) is 12.0. The summed E-state index contributed by atoms with van der Waals surface area (Å²) in [5.41, 5.74) is 6.06. The van der Waals surface area contributed by atoms with Crippen LogP contribution >= 0.6 is 0 Å². The fraction of sp³-hybridized carbons (Fsp3) is 1.00. The van der Waals surface area contributed by atoms with Crippen LogP contribution in [-0.4, -0.2) is 31.1 Å². The summed E-state index contributed by atoms with van der Waals surface area (Å²) in [5.74, 6) is 0.765. The van der Waals surface area contributed by atoms with Crippen LogP contribution in [0.3, 0.4) is 0 Å². The van der Waals surface area contributed by atoms with Crippen molar-refractivity contribution in [3.05, 3.63) is 0 Å². The summed E-state index contributed by atoms with van der Waals surface area (Å²) in [4.78, 5) is 2.46. The lowest BCUT2D eigenvalue weighted by Crippen LogP contribution is -2.34. The topological polar surface area (TPSA) is 29.3 Å². The quantitative estimate of drug-likeness (QED) is 0.663. The lowest BCUT2D eigenvalue weighted by Gasteiger charge is -2.23. The van der Waals surface area contributed by atoms with Crippen LogP contribution in [0.5, 0.6) is 0 Å². The second-order valence-corrected chi connectivity index (χ2v) is 4.82. The van der Waals surface area contributed by atoms with E-state index in [4.69, 9.17) is 5.73 Å². The Balaban J connectivity index is 2.09. The van der Waals surface area contributed by atoms with Gasteiger partial charge >= 0.3 is 0 Å². The molecule has 0 aromatic rings. The van der Waals surface area contributed by atoms with E-state index < -0.39 is 0 Å². The molecule has 1 saturated carbocycles. The maximum Gasteiger partial charge on any atom is 0.00793 e. The summed E-state index contributed by atoms with van der Waals surface area (Å²) < 4.78 is 0.